The largest absolute Gasteiger partial charge is 0.494 e. The van der Waals surface area contributed by atoms with E-state index in [1.165, 1.54) is 56.1 Å². The van der Waals surface area contributed by atoms with Crippen LogP contribution in [0.4, 0.5) is 0 Å². The normalized spacial score (nSPS) is 19.4. The van der Waals surface area contributed by atoms with Crippen LogP contribution in [0.15, 0.2) is 18.2 Å². The minimum Gasteiger partial charge on any atom is -0.494 e. The number of nitrogens with zero attached hydrogens (tertiary/aromatic N) is 2. The molecule has 1 heterocycles. The molecule has 1 fully saturated rings. The Morgan fingerprint density at radius 2 is 1.77 bits per heavy atom. The topological polar surface area (TPSA) is 44.8 Å². The van der Waals surface area contributed by atoms with Crippen molar-refractivity contribution in [1.29, 1.82) is 0 Å². The molecular weight excluding hydrogens is 386 g/mol. The summed E-state index contributed by atoms with van der Waals surface area (Å²) in [5.74, 6) is 1.18. The van der Waals surface area contributed by atoms with Crippen LogP contribution >= 0.6 is 0 Å². The first-order chi connectivity index (χ1) is 15.2. The highest BCUT2D eigenvalue weighted by atomic mass is 16.5. The van der Waals surface area contributed by atoms with Crippen molar-refractivity contribution in [2.24, 2.45) is 0 Å². The van der Waals surface area contributed by atoms with Crippen LogP contribution in [0.5, 0.6) is 5.75 Å². The van der Waals surface area contributed by atoms with Gasteiger partial charge in [0.1, 0.15) is 5.75 Å². The predicted octanol–water partition coefficient (Wildman–Crippen LogP) is 4.56. The van der Waals surface area contributed by atoms with E-state index in [1.807, 2.05) is 6.92 Å². The zero-order valence-electron chi connectivity index (χ0n) is 19.8. The molecule has 1 aliphatic heterocycles. The quantitative estimate of drug-likeness (QED) is 0.467. The zero-order chi connectivity index (χ0) is 21.9. The standard InChI is InChI=1S/C26H43N3O2/c1-3-5-6-7-8-9-10-19-31-23-13-11-22-12-14-25(24(22)20-23)29-17-15-28(16-18-29)21-26(30)27-4-2/h11,13,20,25H,3-10,12,14-19,21H2,1-2H3,(H,27,30). The van der Waals surface area contributed by atoms with Crippen LogP contribution in [0.25, 0.3) is 0 Å². The van der Waals surface area contributed by atoms with Gasteiger partial charge in [0.2, 0.25) is 5.91 Å². The highest BCUT2D eigenvalue weighted by molar-refractivity contribution is 5.77. The van der Waals surface area contributed by atoms with Gasteiger partial charge in [-0.3, -0.25) is 14.6 Å². The smallest absolute Gasteiger partial charge is 0.234 e. The summed E-state index contributed by atoms with van der Waals surface area (Å²) < 4.78 is 6.11. The first-order valence-corrected chi connectivity index (χ1v) is 12.7. The number of rotatable bonds is 13. The lowest BCUT2D eigenvalue weighted by atomic mass is 10.1. The van der Waals surface area contributed by atoms with Crippen molar-refractivity contribution in [1.82, 2.24) is 15.1 Å². The van der Waals surface area contributed by atoms with Crippen molar-refractivity contribution in [2.75, 3.05) is 45.9 Å². The highest BCUT2D eigenvalue weighted by Crippen LogP contribution is 2.38. The summed E-state index contributed by atoms with van der Waals surface area (Å²) in [6.07, 6.45) is 11.6. The summed E-state index contributed by atoms with van der Waals surface area (Å²) in [6.45, 7) is 10.3. The maximum Gasteiger partial charge on any atom is 0.234 e. The molecule has 0 bridgehead atoms. The summed E-state index contributed by atoms with van der Waals surface area (Å²) in [4.78, 5) is 16.7. The fourth-order valence-corrected chi connectivity index (χ4v) is 4.97. The molecule has 5 heteroatoms. The van der Waals surface area contributed by atoms with Crippen LogP contribution in [0, 0.1) is 0 Å². The van der Waals surface area contributed by atoms with Gasteiger partial charge in [0.15, 0.2) is 0 Å². The second-order valence-electron chi connectivity index (χ2n) is 9.15. The number of hydrogen-bond acceptors (Lipinski definition) is 4. The molecular formula is C26H43N3O2. The molecule has 1 amide bonds. The molecule has 174 valence electrons. The van der Waals surface area contributed by atoms with Crippen molar-refractivity contribution < 1.29 is 9.53 Å². The molecule has 1 N–H and O–H groups in total. The van der Waals surface area contributed by atoms with Crippen molar-refractivity contribution in [2.45, 2.75) is 77.7 Å². The van der Waals surface area contributed by atoms with E-state index in [1.54, 1.807) is 0 Å². The molecule has 31 heavy (non-hydrogen) atoms. The Labute approximate surface area is 189 Å². The average molecular weight is 430 g/mol. The summed E-state index contributed by atoms with van der Waals surface area (Å²) in [6, 6.07) is 7.24. The van der Waals surface area contributed by atoms with Crippen molar-refractivity contribution >= 4 is 5.91 Å². The second-order valence-corrected chi connectivity index (χ2v) is 9.15. The Hall–Kier alpha value is -1.59. The fourth-order valence-electron chi connectivity index (χ4n) is 4.97. The Kier molecular flexibility index (Phi) is 10.1. The van der Waals surface area contributed by atoms with Crippen LogP contribution in [-0.4, -0.2) is 61.6 Å². The molecule has 1 atom stereocenters. The minimum absolute atomic E-state index is 0.143. The van der Waals surface area contributed by atoms with Gasteiger partial charge in [-0.25, -0.2) is 0 Å². The molecule has 3 rings (SSSR count). The lowest BCUT2D eigenvalue weighted by molar-refractivity contribution is -0.122. The SMILES string of the molecule is CCCCCCCCCOc1ccc2c(c1)C(N1CCN(CC(=O)NCC)CC1)CC2. The van der Waals surface area contributed by atoms with Gasteiger partial charge in [-0.1, -0.05) is 51.5 Å². The lowest BCUT2D eigenvalue weighted by Crippen LogP contribution is -2.50. The van der Waals surface area contributed by atoms with Crippen LogP contribution in [0.2, 0.25) is 0 Å². The zero-order valence-corrected chi connectivity index (χ0v) is 19.8. The number of likely N-dealkylation sites (N-methyl/N-ethyl adjacent to an activating group) is 1. The van der Waals surface area contributed by atoms with E-state index in [0.717, 1.165) is 51.4 Å². The van der Waals surface area contributed by atoms with Gasteiger partial charge in [-0.05, 0) is 49.4 Å². The molecule has 1 aromatic rings. The summed E-state index contributed by atoms with van der Waals surface area (Å²) in [5.41, 5.74) is 2.95. The number of nitrogens with one attached hydrogen (secondary N) is 1. The van der Waals surface area contributed by atoms with E-state index in [4.69, 9.17) is 4.74 Å². The maximum absolute atomic E-state index is 11.9. The van der Waals surface area contributed by atoms with Crippen LogP contribution in [0.3, 0.4) is 0 Å². The number of unbranched alkanes of at least 4 members (excludes halogenated alkanes) is 6. The van der Waals surface area contributed by atoms with Gasteiger partial charge in [0, 0.05) is 38.8 Å². The molecule has 1 aliphatic carbocycles. The first-order valence-electron chi connectivity index (χ1n) is 12.7. The third-order valence-electron chi connectivity index (χ3n) is 6.77. The second kappa shape index (κ2) is 13.1. The van der Waals surface area contributed by atoms with Crippen molar-refractivity contribution in [3.8, 4) is 5.75 Å². The van der Waals surface area contributed by atoms with E-state index in [0.29, 0.717) is 19.1 Å². The van der Waals surface area contributed by atoms with Gasteiger partial charge in [-0.15, -0.1) is 0 Å². The molecule has 2 aliphatic rings. The van der Waals surface area contributed by atoms with E-state index in [2.05, 4.69) is 40.2 Å². The van der Waals surface area contributed by atoms with Gasteiger partial charge in [0.25, 0.3) is 0 Å². The summed E-state index contributed by atoms with van der Waals surface area (Å²) >= 11 is 0. The summed E-state index contributed by atoms with van der Waals surface area (Å²) in [7, 11) is 0. The van der Waals surface area contributed by atoms with E-state index >= 15 is 0 Å². The lowest BCUT2D eigenvalue weighted by Gasteiger charge is -2.38. The average Bonchev–Trinajstić information content (AvgIpc) is 3.19. The molecule has 0 saturated carbocycles. The molecule has 1 aromatic carbocycles. The number of aryl methyl sites for hydroxylation is 1. The van der Waals surface area contributed by atoms with Crippen molar-refractivity contribution in [3.05, 3.63) is 29.3 Å². The number of carbonyl (C=O) groups excluding carboxylic acids is 1. The summed E-state index contributed by atoms with van der Waals surface area (Å²) in [5, 5.41) is 2.91. The third kappa shape index (κ3) is 7.50. The van der Waals surface area contributed by atoms with Crippen LogP contribution < -0.4 is 10.1 Å². The number of fused-ring (bicyclic) bond motifs is 1. The highest BCUT2D eigenvalue weighted by Gasteiger charge is 2.30. The van der Waals surface area contributed by atoms with Gasteiger partial charge >= 0.3 is 0 Å². The monoisotopic (exact) mass is 429 g/mol. The molecule has 0 radical (unpaired) electrons. The third-order valence-corrected chi connectivity index (χ3v) is 6.77. The Morgan fingerprint density at radius 3 is 2.52 bits per heavy atom. The predicted molar refractivity (Wildman–Crippen MR) is 128 cm³/mol. The maximum atomic E-state index is 11.9. The molecule has 0 spiro atoms. The fraction of sp³-hybridized carbons (Fsp3) is 0.731. The minimum atomic E-state index is 0.143. The van der Waals surface area contributed by atoms with E-state index in [9.17, 15) is 4.79 Å². The van der Waals surface area contributed by atoms with E-state index < -0.39 is 0 Å². The Morgan fingerprint density at radius 1 is 1.03 bits per heavy atom. The number of hydrogen-bond donors (Lipinski definition) is 1. The van der Waals surface area contributed by atoms with Gasteiger partial charge in [0.05, 0.1) is 13.2 Å². The first kappa shape index (κ1) is 24.1. The van der Waals surface area contributed by atoms with Crippen LogP contribution in [0.1, 0.15) is 82.4 Å². The number of benzene rings is 1. The molecule has 5 nitrogen and oxygen atoms in total. The molecule has 1 unspecified atom stereocenters. The molecule has 1 saturated heterocycles. The van der Waals surface area contributed by atoms with E-state index in [-0.39, 0.29) is 5.91 Å². The van der Waals surface area contributed by atoms with Crippen molar-refractivity contribution in [3.63, 3.8) is 0 Å². The Bertz CT molecular complexity index is 671. The van der Waals surface area contributed by atoms with Gasteiger partial charge in [-0.2, -0.15) is 0 Å². The van der Waals surface area contributed by atoms with Crippen LogP contribution in [-0.2, 0) is 11.2 Å². The Balaban J connectivity index is 1.42. The van der Waals surface area contributed by atoms with Gasteiger partial charge < -0.3 is 10.1 Å². The number of carbonyl (C=O) groups is 1. The number of piperazine rings is 1. The molecule has 0 aromatic heterocycles. The number of ether oxygens (including phenoxy) is 1. The number of amides is 1.